The van der Waals surface area contributed by atoms with Crippen LogP contribution in [0.4, 0.5) is 0 Å². The molecule has 0 saturated heterocycles. The highest BCUT2D eigenvalue weighted by molar-refractivity contribution is 6.30. The zero-order valence-corrected chi connectivity index (χ0v) is 18.3. The third-order valence-electron chi connectivity index (χ3n) is 5.25. The zero-order valence-electron chi connectivity index (χ0n) is 17.5. The van der Waals surface area contributed by atoms with Crippen molar-refractivity contribution in [3.8, 4) is 16.9 Å². The van der Waals surface area contributed by atoms with Crippen molar-refractivity contribution in [2.75, 3.05) is 0 Å². The number of benzene rings is 3. The Morgan fingerprint density at radius 1 is 1.12 bits per heavy atom. The molecule has 1 atom stereocenters. The van der Waals surface area contributed by atoms with E-state index in [1.54, 1.807) is 0 Å². The molecule has 0 saturated carbocycles. The van der Waals surface area contributed by atoms with E-state index in [0.717, 1.165) is 27.8 Å². The van der Waals surface area contributed by atoms with Gasteiger partial charge in [-0.25, -0.2) is 4.98 Å². The smallest absolute Gasteiger partial charge is 0.304 e. The number of hydrogen-bond donors (Lipinski definition) is 1. The van der Waals surface area contributed by atoms with Gasteiger partial charge < -0.3 is 14.3 Å². The van der Waals surface area contributed by atoms with Gasteiger partial charge in [-0.2, -0.15) is 0 Å². The second kappa shape index (κ2) is 9.71. The maximum absolute atomic E-state index is 11.3. The highest BCUT2D eigenvalue weighted by Gasteiger charge is 2.22. The van der Waals surface area contributed by atoms with Gasteiger partial charge in [0.05, 0.1) is 18.5 Å². The lowest BCUT2D eigenvalue weighted by atomic mass is 9.95. The van der Waals surface area contributed by atoms with Gasteiger partial charge in [-0.3, -0.25) is 4.79 Å². The summed E-state index contributed by atoms with van der Waals surface area (Å²) in [6.07, 6.45) is 2.86. The first-order valence-corrected chi connectivity index (χ1v) is 10.6. The van der Waals surface area contributed by atoms with Crippen LogP contribution in [0.1, 0.15) is 34.9 Å². The summed E-state index contributed by atoms with van der Waals surface area (Å²) in [5.41, 5.74) is 5.18. The lowest BCUT2D eigenvalue weighted by molar-refractivity contribution is -0.137. The quantitative estimate of drug-likeness (QED) is 0.334. The van der Waals surface area contributed by atoms with E-state index in [4.69, 9.17) is 20.8 Å². The number of aliphatic carboxylic acids is 1. The number of rotatable bonds is 8. The van der Waals surface area contributed by atoms with Crippen LogP contribution >= 0.6 is 11.6 Å². The zero-order chi connectivity index (χ0) is 22.5. The van der Waals surface area contributed by atoms with Crippen molar-refractivity contribution in [1.82, 2.24) is 4.98 Å². The third-order valence-corrected chi connectivity index (χ3v) is 5.49. The van der Waals surface area contributed by atoms with Crippen LogP contribution < -0.4 is 4.74 Å². The van der Waals surface area contributed by atoms with Crippen LogP contribution in [0.2, 0.25) is 5.02 Å². The van der Waals surface area contributed by atoms with E-state index in [9.17, 15) is 9.90 Å². The second-order valence-electron chi connectivity index (χ2n) is 7.54. The Morgan fingerprint density at radius 3 is 2.66 bits per heavy atom. The van der Waals surface area contributed by atoms with Crippen LogP contribution in [-0.4, -0.2) is 16.1 Å². The minimum atomic E-state index is -0.914. The maximum atomic E-state index is 11.3. The molecule has 4 rings (SSSR count). The van der Waals surface area contributed by atoms with Gasteiger partial charge in [-0.05, 0) is 65.1 Å². The Morgan fingerprint density at radius 2 is 1.94 bits per heavy atom. The molecule has 32 heavy (non-hydrogen) atoms. The van der Waals surface area contributed by atoms with Crippen LogP contribution in [0.15, 0.2) is 83.6 Å². The van der Waals surface area contributed by atoms with E-state index >= 15 is 0 Å². The first-order chi connectivity index (χ1) is 15.5. The second-order valence-corrected chi connectivity index (χ2v) is 7.97. The Hall–Kier alpha value is -3.57. The lowest BCUT2D eigenvalue weighted by Crippen LogP contribution is -2.08. The van der Waals surface area contributed by atoms with Crippen molar-refractivity contribution >= 4 is 17.6 Å². The molecule has 0 amide bonds. The summed E-state index contributed by atoms with van der Waals surface area (Å²) in [7, 11) is 0. The largest absolute Gasteiger partial charge is 0.489 e. The predicted octanol–water partition coefficient (Wildman–Crippen LogP) is 6.49. The Balaban J connectivity index is 1.47. The molecule has 1 N–H and O–H groups in total. The molecular formula is C26H22ClNO4. The molecule has 0 aliphatic heterocycles. The fraction of sp³-hybridized carbons (Fsp3) is 0.154. The molecule has 162 valence electrons. The number of halogens is 1. The molecule has 4 aromatic rings. The first-order valence-electron chi connectivity index (χ1n) is 10.2. The summed E-state index contributed by atoms with van der Waals surface area (Å²) in [6, 6.07) is 21.4. The number of nitrogens with zero attached hydrogens (tertiary/aromatic N) is 1. The summed E-state index contributed by atoms with van der Waals surface area (Å²) in [5, 5.41) is 9.95. The van der Waals surface area contributed by atoms with E-state index in [0.29, 0.717) is 23.3 Å². The Labute approximate surface area is 191 Å². The molecule has 5 nitrogen and oxygen atoms in total. The molecule has 0 aliphatic rings. The number of carbonyl (C=O) groups is 1. The highest BCUT2D eigenvalue weighted by Crippen LogP contribution is 2.30. The molecule has 6 heteroatoms. The fourth-order valence-corrected chi connectivity index (χ4v) is 3.80. The number of oxazole rings is 1. The molecule has 0 aliphatic carbocycles. The van der Waals surface area contributed by atoms with Gasteiger partial charge in [0.15, 0.2) is 0 Å². The van der Waals surface area contributed by atoms with Crippen molar-refractivity contribution in [3.63, 3.8) is 0 Å². The summed E-state index contributed by atoms with van der Waals surface area (Å²) in [5.74, 6) is -0.286. The number of carboxylic acids is 1. The van der Waals surface area contributed by atoms with Gasteiger partial charge in [-0.1, -0.05) is 48.0 Å². The maximum Gasteiger partial charge on any atom is 0.304 e. The third kappa shape index (κ3) is 5.18. The van der Waals surface area contributed by atoms with E-state index < -0.39 is 11.9 Å². The van der Waals surface area contributed by atoms with E-state index in [2.05, 4.69) is 24.0 Å². The van der Waals surface area contributed by atoms with Crippen molar-refractivity contribution in [1.29, 1.82) is 0 Å². The minimum Gasteiger partial charge on any atom is -0.489 e. The molecule has 1 aromatic heterocycles. The molecule has 0 fully saturated rings. The van der Waals surface area contributed by atoms with Crippen molar-refractivity contribution in [2.45, 2.75) is 25.9 Å². The van der Waals surface area contributed by atoms with Gasteiger partial charge in [0.2, 0.25) is 5.89 Å². The molecular weight excluding hydrogens is 426 g/mol. The minimum absolute atomic E-state index is 0.101. The van der Waals surface area contributed by atoms with Gasteiger partial charge >= 0.3 is 5.97 Å². The number of ether oxygens (including phenoxy) is 1. The summed E-state index contributed by atoms with van der Waals surface area (Å²) < 4.78 is 11.3. The topological polar surface area (TPSA) is 72.6 Å². The predicted molar refractivity (Wildman–Crippen MR) is 123 cm³/mol. The van der Waals surface area contributed by atoms with E-state index in [1.807, 2.05) is 54.6 Å². The number of aryl methyl sites for hydroxylation is 1. The number of carboxylic acid groups (broad SMARTS) is 1. The van der Waals surface area contributed by atoms with Crippen LogP contribution in [0.25, 0.3) is 11.1 Å². The first kappa shape index (κ1) is 21.7. The van der Waals surface area contributed by atoms with Gasteiger partial charge in [-0.15, -0.1) is 0 Å². The van der Waals surface area contributed by atoms with Crippen molar-refractivity contribution in [2.24, 2.45) is 0 Å². The summed E-state index contributed by atoms with van der Waals surface area (Å²) in [6.45, 7) is 2.47. The monoisotopic (exact) mass is 447 g/mol. The van der Waals surface area contributed by atoms with Crippen LogP contribution in [0, 0.1) is 6.92 Å². The standard InChI is InChI=1S/C26H22ClNO4/c1-17-5-8-21(27)14-23(17)20-4-2-3-18(13-20)16-32-22-9-6-19(7-10-22)24(15-25(29)30)26-28-11-12-31-26/h2-14,24H,15-16H2,1H3,(H,29,30). The summed E-state index contributed by atoms with van der Waals surface area (Å²) >= 11 is 6.18. The SMILES string of the molecule is Cc1ccc(Cl)cc1-c1cccc(COc2ccc(C(CC(=O)O)c3ncco3)cc2)c1. The number of aromatic nitrogens is 1. The molecule has 0 bridgehead atoms. The molecule has 3 aromatic carbocycles. The lowest BCUT2D eigenvalue weighted by Gasteiger charge is -2.13. The molecule has 1 unspecified atom stereocenters. The number of hydrogen-bond acceptors (Lipinski definition) is 4. The Bertz CT molecular complexity index is 1200. The van der Waals surface area contributed by atoms with Crippen LogP contribution in [0.3, 0.4) is 0 Å². The molecule has 1 heterocycles. The van der Waals surface area contributed by atoms with Gasteiger partial charge in [0, 0.05) is 5.02 Å². The summed E-state index contributed by atoms with van der Waals surface area (Å²) in [4.78, 5) is 15.4. The average molecular weight is 448 g/mol. The Kier molecular flexibility index (Phi) is 6.57. The normalized spacial score (nSPS) is 11.8. The highest BCUT2D eigenvalue weighted by atomic mass is 35.5. The van der Waals surface area contributed by atoms with Crippen LogP contribution in [-0.2, 0) is 11.4 Å². The van der Waals surface area contributed by atoms with Gasteiger partial charge in [0.25, 0.3) is 0 Å². The fourth-order valence-electron chi connectivity index (χ4n) is 3.63. The van der Waals surface area contributed by atoms with E-state index in [-0.39, 0.29) is 6.42 Å². The average Bonchev–Trinajstić information content (AvgIpc) is 3.33. The van der Waals surface area contributed by atoms with Crippen LogP contribution in [0.5, 0.6) is 5.75 Å². The van der Waals surface area contributed by atoms with Crippen molar-refractivity contribution in [3.05, 3.63) is 107 Å². The molecule has 0 radical (unpaired) electrons. The van der Waals surface area contributed by atoms with Crippen molar-refractivity contribution < 1.29 is 19.1 Å². The van der Waals surface area contributed by atoms with Gasteiger partial charge in [0.1, 0.15) is 18.6 Å². The molecule has 0 spiro atoms. The van der Waals surface area contributed by atoms with E-state index in [1.165, 1.54) is 12.5 Å².